The maximum atomic E-state index is 9.97. The highest BCUT2D eigenvalue weighted by atomic mass is 32.2. The molecule has 0 bridgehead atoms. The smallest absolute Gasteiger partial charge is 0.183 e. The molecule has 1 rings (SSSR count). The second-order valence-corrected chi connectivity index (χ2v) is 3.16. The lowest BCUT2D eigenvalue weighted by molar-refractivity contribution is 0.398. The summed E-state index contributed by atoms with van der Waals surface area (Å²) in [6, 6.07) is 3.29. The molecule has 5 heteroatoms. The Labute approximate surface area is 71.5 Å². The first-order valence-corrected chi connectivity index (χ1v) is 4.43. The molecular formula is C6H4O3S2. The molecule has 0 amide bonds. The normalized spacial score (nSPS) is 9.45. The Morgan fingerprint density at radius 2 is 1.55 bits per heavy atom. The lowest BCUT2D eigenvalue weighted by Crippen LogP contribution is -1.61. The van der Waals surface area contributed by atoms with Crippen LogP contribution in [0.2, 0.25) is 0 Å². The van der Waals surface area contributed by atoms with E-state index in [-0.39, 0.29) is 0 Å². The van der Waals surface area contributed by atoms with Gasteiger partial charge in [-0.2, -0.15) is 0 Å². The Hall–Kier alpha value is -0.680. The summed E-state index contributed by atoms with van der Waals surface area (Å²) in [5.41, 5.74) is 1.35. The van der Waals surface area contributed by atoms with Crippen molar-refractivity contribution < 1.29 is 14.0 Å². The third kappa shape index (κ3) is 2.44. The van der Waals surface area contributed by atoms with Gasteiger partial charge in [0.05, 0.1) is 0 Å². The quantitative estimate of drug-likeness (QED) is 0.533. The van der Waals surface area contributed by atoms with Crippen molar-refractivity contribution in [1.82, 2.24) is 0 Å². The molecule has 0 saturated carbocycles. The molecule has 0 radical (unpaired) electrons. The van der Waals surface area contributed by atoms with E-state index in [0.29, 0.717) is 21.4 Å². The number of rotatable bonds is 4. The minimum Gasteiger partial charge on any atom is -0.443 e. The predicted molar refractivity (Wildman–Crippen MR) is 43.9 cm³/mol. The highest BCUT2D eigenvalue weighted by molar-refractivity contribution is 8.12. The molecule has 0 saturated heterocycles. The third-order valence-electron chi connectivity index (χ3n) is 0.885. The molecular weight excluding hydrogens is 184 g/mol. The van der Waals surface area contributed by atoms with Gasteiger partial charge in [-0.1, -0.05) is 0 Å². The summed E-state index contributed by atoms with van der Waals surface area (Å²) in [6.07, 6.45) is 0. The van der Waals surface area contributed by atoms with Crippen LogP contribution in [0.3, 0.4) is 0 Å². The van der Waals surface area contributed by atoms with Gasteiger partial charge in [0.25, 0.3) is 0 Å². The number of hydrogen-bond donors (Lipinski definition) is 0. The molecule has 1 aromatic heterocycles. The van der Waals surface area contributed by atoms with Gasteiger partial charge in [-0.25, -0.2) is 0 Å². The average Bonchev–Trinajstić information content (AvgIpc) is 2.38. The monoisotopic (exact) mass is 188 g/mol. The molecule has 11 heavy (non-hydrogen) atoms. The summed E-state index contributed by atoms with van der Waals surface area (Å²) in [6.45, 7) is 0. The van der Waals surface area contributed by atoms with Gasteiger partial charge in [-0.05, 0) is 35.7 Å². The molecule has 1 aromatic rings. The zero-order valence-electron chi connectivity index (χ0n) is 5.35. The van der Waals surface area contributed by atoms with Crippen LogP contribution in [0.1, 0.15) is 0 Å². The zero-order valence-corrected chi connectivity index (χ0v) is 6.98. The lowest BCUT2D eigenvalue weighted by atomic mass is 10.7. The molecule has 3 nitrogen and oxygen atoms in total. The molecule has 0 fully saturated rings. The summed E-state index contributed by atoms with van der Waals surface area (Å²) < 4.78 is 5.03. The second-order valence-electron chi connectivity index (χ2n) is 1.50. The molecule has 0 atom stereocenters. The minimum atomic E-state index is 0.504. The molecule has 0 N–H and O–H groups in total. The first kappa shape index (κ1) is 8.42. The van der Waals surface area contributed by atoms with Crippen molar-refractivity contribution in [1.29, 1.82) is 0 Å². The lowest BCUT2D eigenvalue weighted by Gasteiger charge is -1.84. The van der Waals surface area contributed by atoms with Gasteiger partial charge in [-0.3, -0.25) is 9.59 Å². The van der Waals surface area contributed by atoms with Crippen molar-refractivity contribution >= 4 is 34.8 Å². The van der Waals surface area contributed by atoms with E-state index < -0.39 is 0 Å². The van der Waals surface area contributed by atoms with Gasteiger partial charge >= 0.3 is 0 Å². The second kappa shape index (κ2) is 4.25. The number of furan rings is 1. The topological polar surface area (TPSA) is 47.3 Å². The van der Waals surface area contributed by atoms with Gasteiger partial charge in [0.1, 0.15) is 0 Å². The molecule has 0 spiro atoms. The van der Waals surface area contributed by atoms with Crippen LogP contribution in [0.15, 0.2) is 26.7 Å². The summed E-state index contributed by atoms with van der Waals surface area (Å²) >= 11 is 1.89. The van der Waals surface area contributed by atoms with Crippen LogP contribution in [0, 0.1) is 0 Å². The Bertz CT molecular complexity index is 232. The van der Waals surface area contributed by atoms with E-state index in [1.54, 1.807) is 12.1 Å². The molecule has 58 valence electrons. The minimum absolute atomic E-state index is 0.504. The maximum absolute atomic E-state index is 9.97. The van der Waals surface area contributed by atoms with Crippen LogP contribution in [0.25, 0.3) is 0 Å². The summed E-state index contributed by atoms with van der Waals surface area (Å²) in [5, 5.41) is 1.01. The first-order valence-electron chi connectivity index (χ1n) is 2.67. The van der Waals surface area contributed by atoms with E-state index in [9.17, 15) is 9.59 Å². The van der Waals surface area contributed by atoms with E-state index in [1.807, 2.05) is 0 Å². The van der Waals surface area contributed by atoms with Crippen LogP contribution in [-0.2, 0) is 9.59 Å². The van der Waals surface area contributed by atoms with Gasteiger partial charge in [0.2, 0.25) is 0 Å². The van der Waals surface area contributed by atoms with Gasteiger partial charge < -0.3 is 4.42 Å². The molecule has 1 heterocycles. The van der Waals surface area contributed by atoms with E-state index in [4.69, 9.17) is 4.42 Å². The average molecular weight is 188 g/mol. The van der Waals surface area contributed by atoms with Crippen molar-refractivity contribution in [2.24, 2.45) is 0 Å². The van der Waals surface area contributed by atoms with Crippen molar-refractivity contribution in [3.8, 4) is 0 Å². The zero-order chi connectivity index (χ0) is 8.10. The van der Waals surface area contributed by atoms with E-state index >= 15 is 0 Å². The van der Waals surface area contributed by atoms with E-state index in [1.165, 1.54) is 0 Å². The SMILES string of the molecule is O=CSc1ccc(SC=O)o1. The Balaban J connectivity index is 2.64. The van der Waals surface area contributed by atoms with Crippen LogP contribution >= 0.6 is 23.5 Å². The van der Waals surface area contributed by atoms with Crippen molar-refractivity contribution in [3.63, 3.8) is 0 Å². The number of hydrogen-bond acceptors (Lipinski definition) is 5. The fourth-order valence-corrected chi connectivity index (χ4v) is 1.34. The number of carbonyl (C=O) groups excluding carboxylic acids is 2. The summed E-state index contributed by atoms with van der Waals surface area (Å²) in [7, 11) is 0. The van der Waals surface area contributed by atoms with Gasteiger partial charge in [0, 0.05) is 0 Å². The van der Waals surface area contributed by atoms with Gasteiger partial charge in [0.15, 0.2) is 21.4 Å². The van der Waals surface area contributed by atoms with Crippen molar-refractivity contribution in [2.75, 3.05) is 0 Å². The van der Waals surface area contributed by atoms with Gasteiger partial charge in [-0.15, -0.1) is 0 Å². The van der Waals surface area contributed by atoms with Crippen LogP contribution in [0.5, 0.6) is 0 Å². The van der Waals surface area contributed by atoms with E-state index in [2.05, 4.69) is 0 Å². The standard InChI is InChI=1S/C6H4O3S2/c7-3-10-5-1-2-6(9-5)11-4-8/h1-4H. The summed E-state index contributed by atoms with van der Waals surface area (Å²) in [5.74, 6) is 0. The number of thioether (sulfide) groups is 2. The largest absolute Gasteiger partial charge is 0.443 e. The fourth-order valence-electron chi connectivity index (χ4n) is 0.525. The fraction of sp³-hybridized carbons (Fsp3) is 0. The maximum Gasteiger partial charge on any atom is 0.183 e. The van der Waals surface area contributed by atoms with Crippen molar-refractivity contribution in [3.05, 3.63) is 12.1 Å². The molecule has 0 aliphatic heterocycles. The highest BCUT2D eigenvalue weighted by Crippen LogP contribution is 2.24. The molecule has 0 aromatic carbocycles. The summed E-state index contributed by atoms with van der Waals surface area (Å²) in [4.78, 5) is 19.9. The van der Waals surface area contributed by atoms with E-state index in [0.717, 1.165) is 23.5 Å². The Morgan fingerprint density at radius 1 is 1.09 bits per heavy atom. The number of carbonyl (C=O) groups is 2. The molecule has 0 aliphatic rings. The van der Waals surface area contributed by atoms with Crippen LogP contribution in [0.4, 0.5) is 0 Å². The third-order valence-corrected chi connectivity index (χ3v) is 1.98. The molecule has 0 aliphatic carbocycles. The predicted octanol–water partition coefficient (Wildman–Crippen LogP) is 1.84. The first-order chi connectivity index (χ1) is 5.36. The van der Waals surface area contributed by atoms with Crippen LogP contribution in [-0.4, -0.2) is 11.2 Å². The van der Waals surface area contributed by atoms with Crippen LogP contribution < -0.4 is 0 Å². The Kier molecular flexibility index (Phi) is 3.25. The molecule has 0 unspecified atom stereocenters. The highest BCUT2D eigenvalue weighted by Gasteiger charge is 2.00. The Morgan fingerprint density at radius 3 is 1.91 bits per heavy atom. The van der Waals surface area contributed by atoms with Crippen molar-refractivity contribution in [2.45, 2.75) is 10.2 Å².